The standard InChI is InChI=1S/C15H18N2O3/c1-10(13(18)11-6-3-2-4-7-11)15-16-14(17-20-15)12-8-5-9-19-12/h2-4,6-7,10,12-13,18H,5,8-9H2,1H3. The quantitative estimate of drug-likeness (QED) is 0.928. The molecule has 1 fully saturated rings. The Morgan fingerprint density at radius 1 is 1.30 bits per heavy atom. The summed E-state index contributed by atoms with van der Waals surface area (Å²) in [6, 6.07) is 9.49. The van der Waals surface area contributed by atoms with Gasteiger partial charge in [-0.25, -0.2) is 0 Å². The largest absolute Gasteiger partial charge is 0.388 e. The number of aliphatic hydroxyl groups is 1. The Morgan fingerprint density at radius 2 is 2.10 bits per heavy atom. The summed E-state index contributed by atoms with van der Waals surface area (Å²) in [6.45, 7) is 2.63. The second-order valence-corrected chi connectivity index (χ2v) is 5.14. The monoisotopic (exact) mass is 274 g/mol. The predicted octanol–water partition coefficient (Wildman–Crippen LogP) is 2.76. The first-order valence-electron chi connectivity index (χ1n) is 6.94. The number of hydrogen-bond donors (Lipinski definition) is 1. The lowest BCUT2D eigenvalue weighted by atomic mass is 9.97. The van der Waals surface area contributed by atoms with Crippen LogP contribution in [-0.4, -0.2) is 21.9 Å². The number of rotatable bonds is 4. The lowest BCUT2D eigenvalue weighted by Crippen LogP contribution is -2.08. The summed E-state index contributed by atoms with van der Waals surface area (Å²) in [5.74, 6) is 0.788. The van der Waals surface area contributed by atoms with Crippen LogP contribution < -0.4 is 0 Å². The molecule has 1 aliphatic rings. The summed E-state index contributed by atoms with van der Waals surface area (Å²) < 4.78 is 10.8. The van der Waals surface area contributed by atoms with Gasteiger partial charge in [0.05, 0.1) is 12.0 Å². The minimum atomic E-state index is -0.658. The Hall–Kier alpha value is -1.72. The Morgan fingerprint density at radius 3 is 2.80 bits per heavy atom. The number of aliphatic hydroxyl groups excluding tert-OH is 1. The smallest absolute Gasteiger partial charge is 0.232 e. The van der Waals surface area contributed by atoms with E-state index in [1.165, 1.54) is 0 Å². The molecule has 0 radical (unpaired) electrons. The Kier molecular flexibility index (Phi) is 3.80. The van der Waals surface area contributed by atoms with E-state index < -0.39 is 6.10 Å². The van der Waals surface area contributed by atoms with Crippen molar-refractivity contribution >= 4 is 0 Å². The first kappa shape index (κ1) is 13.3. The van der Waals surface area contributed by atoms with Crippen LogP contribution in [0, 0.1) is 0 Å². The molecule has 0 spiro atoms. The van der Waals surface area contributed by atoms with Crippen LogP contribution in [0.15, 0.2) is 34.9 Å². The first-order chi connectivity index (χ1) is 9.75. The molecular weight excluding hydrogens is 256 g/mol. The Bertz CT molecular complexity index is 549. The molecule has 0 amide bonds. The third-order valence-corrected chi connectivity index (χ3v) is 3.68. The highest BCUT2D eigenvalue weighted by Crippen LogP contribution is 2.32. The van der Waals surface area contributed by atoms with Crippen molar-refractivity contribution in [2.75, 3.05) is 6.61 Å². The van der Waals surface area contributed by atoms with Crippen LogP contribution in [0.3, 0.4) is 0 Å². The molecule has 2 aromatic rings. The highest BCUT2D eigenvalue weighted by atomic mass is 16.5. The van der Waals surface area contributed by atoms with Crippen LogP contribution in [-0.2, 0) is 4.74 Å². The van der Waals surface area contributed by atoms with E-state index in [1.54, 1.807) is 0 Å². The number of ether oxygens (including phenoxy) is 1. The van der Waals surface area contributed by atoms with Crippen LogP contribution in [0.5, 0.6) is 0 Å². The number of aromatic nitrogens is 2. The van der Waals surface area contributed by atoms with Crippen molar-refractivity contribution in [3.05, 3.63) is 47.6 Å². The fourth-order valence-corrected chi connectivity index (χ4v) is 2.42. The SMILES string of the molecule is CC(c1nc(C2CCCO2)no1)C(O)c1ccccc1. The third kappa shape index (κ3) is 2.59. The van der Waals surface area contributed by atoms with Gasteiger partial charge in [0, 0.05) is 6.61 Å². The van der Waals surface area contributed by atoms with Crippen molar-refractivity contribution in [2.45, 2.75) is 37.9 Å². The van der Waals surface area contributed by atoms with E-state index in [9.17, 15) is 5.11 Å². The maximum Gasteiger partial charge on any atom is 0.232 e. The van der Waals surface area contributed by atoms with E-state index in [0.29, 0.717) is 11.7 Å². The summed E-state index contributed by atoms with van der Waals surface area (Å²) in [4.78, 5) is 4.38. The van der Waals surface area contributed by atoms with E-state index in [2.05, 4.69) is 10.1 Å². The maximum atomic E-state index is 10.4. The van der Waals surface area contributed by atoms with Gasteiger partial charge < -0.3 is 14.4 Å². The average Bonchev–Trinajstić information content (AvgIpc) is 3.17. The van der Waals surface area contributed by atoms with E-state index in [1.807, 2.05) is 37.3 Å². The third-order valence-electron chi connectivity index (χ3n) is 3.68. The summed E-state index contributed by atoms with van der Waals surface area (Å²) in [5.41, 5.74) is 0.844. The summed E-state index contributed by atoms with van der Waals surface area (Å²) in [5, 5.41) is 14.3. The fourth-order valence-electron chi connectivity index (χ4n) is 2.42. The van der Waals surface area contributed by atoms with Crippen LogP contribution in [0.4, 0.5) is 0 Å². The van der Waals surface area contributed by atoms with Gasteiger partial charge in [0.2, 0.25) is 11.7 Å². The number of hydrogen-bond acceptors (Lipinski definition) is 5. The summed E-state index contributed by atoms with van der Waals surface area (Å²) in [7, 11) is 0. The van der Waals surface area contributed by atoms with Gasteiger partial charge in [-0.05, 0) is 18.4 Å². The van der Waals surface area contributed by atoms with Gasteiger partial charge in [0.15, 0.2) is 0 Å². The zero-order valence-corrected chi connectivity index (χ0v) is 11.4. The van der Waals surface area contributed by atoms with Crippen LogP contribution in [0.2, 0.25) is 0 Å². The van der Waals surface area contributed by atoms with Crippen molar-refractivity contribution in [2.24, 2.45) is 0 Å². The summed E-state index contributed by atoms with van der Waals surface area (Å²) >= 11 is 0. The molecule has 3 atom stereocenters. The molecule has 3 unspecified atom stereocenters. The molecule has 0 bridgehead atoms. The molecule has 0 saturated carbocycles. The Labute approximate surface area is 117 Å². The highest BCUT2D eigenvalue weighted by molar-refractivity contribution is 5.20. The Balaban J connectivity index is 1.75. The number of nitrogens with zero attached hydrogens (tertiary/aromatic N) is 2. The molecule has 1 saturated heterocycles. The zero-order valence-electron chi connectivity index (χ0n) is 11.4. The molecule has 0 aliphatic carbocycles. The summed E-state index contributed by atoms with van der Waals surface area (Å²) in [6.07, 6.45) is 1.23. The zero-order chi connectivity index (χ0) is 13.9. The molecule has 3 rings (SSSR count). The fraction of sp³-hybridized carbons (Fsp3) is 0.467. The number of benzene rings is 1. The van der Waals surface area contributed by atoms with Crippen LogP contribution in [0.25, 0.3) is 0 Å². The van der Waals surface area contributed by atoms with Gasteiger partial charge in [-0.15, -0.1) is 0 Å². The van der Waals surface area contributed by atoms with Crippen molar-refractivity contribution in [3.8, 4) is 0 Å². The van der Waals surface area contributed by atoms with E-state index in [-0.39, 0.29) is 12.0 Å². The minimum Gasteiger partial charge on any atom is -0.388 e. The van der Waals surface area contributed by atoms with E-state index >= 15 is 0 Å². The second-order valence-electron chi connectivity index (χ2n) is 5.14. The van der Waals surface area contributed by atoms with Gasteiger partial charge in [-0.1, -0.05) is 42.4 Å². The van der Waals surface area contributed by atoms with Crippen molar-refractivity contribution in [1.29, 1.82) is 0 Å². The normalized spacial score (nSPS) is 21.8. The molecule has 1 N–H and O–H groups in total. The molecule has 1 aromatic heterocycles. The van der Waals surface area contributed by atoms with Gasteiger partial charge in [0.1, 0.15) is 6.10 Å². The predicted molar refractivity (Wildman–Crippen MR) is 72.0 cm³/mol. The average molecular weight is 274 g/mol. The molecule has 1 aliphatic heterocycles. The topological polar surface area (TPSA) is 68.4 Å². The van der Waals surface area contributed by atoms with Crippen molar-refractivity contribution in [3.63, 3.8) is 0 Å². The van der Waals surface area contributed by atoms with Crippen LogP contribution in [0.1, 0.15) is 55.2 Å². The van der Waals surface area contributed by atoms with Gasteiger partial charge in [0.25, 0.3) is 0 Å². The maximum absolute atomic E-state index is 10.4. The van der Waals surface area contributed by atoms with E-state index in [4.69, 9.17) is 9.26 Å². The highest BCUT2D eigenvalue weighted by Gasteiger charge is 2.27. The van der Waals surface area contributed by atoms with Crippen molar-refractivity contribution < 1.29 is 14.4 Å². The lowest BCUT2D eigenvalue weighted by molar-refractivity contribution is 0.103. The molecule has 5 heteroatoms. The second kappa shape index (κ2) is 5.73. The van der Waals surface area contributed by atoms with Crippen LogP contribution >= 0.6 is 0 Å². The van der Waals surface area contributed by atoms with Crippen molar-refractivity contribution in [1.82, 2.24) is 10.1 Å². The van der Waals surface area contributed by atoms with E-state index in [0.717, 1.165) is 25.0 Å². The lowest BCUT2D eigenvalue weighted by Gasteiger charge is -2.15. The molecule has 106 valence electrons. The van der Waals surface area contributed by atoms with Gasteiger partial charge in [-0.3, -0.25) is 0 Å². The molecule has 5 nitrogen and oxygen atoms in total. The molecular formula is C15H18N2O3. The molecule has 1 aromatic carbocycles. The molecule has 20 heavy (non-hydrogen) atoms. The first-order valence-corrected chi connectivity index (χ1v) is 6.94. The minimum absolute atomic E-state index is 0.0615. The molecule has 2 heterocycles. The van der Waals surface area contributed by atoms with Gasteiger partial charge >= 0.3 is 0 Å². The van der Waals surface area contributed by atoms with Gasteiger partial charge in [-0.2, -0.15) is 4.98 Å².